The van der Waals surface area contributed by atoms with Crippen LogP contribution in [0.15, 0.2) is 6.20 Å². The second-order valence-corrected chi connectivity index (χ2v) is 6.19. The Morgan fingerprint density at radius 2 is 2.35 bits per heavy atom. The fourth-order valence-corrected chi connectivity index (χ4v) is 3.32. The molecule has 8 heteroatoms. The summed E-state index contributed by atoms with van der Waals surface area (Å²) >= 11 is 0. The Hall–Kier alpha value is -0.990. The highest BCUT2D eigenvalue weighted by Crippen LogP contribution is 2.21. The van der Waals surface area contributed by atoms with Crippen LogP contribution in [-0.2, 0) is 23.2 Å². The van der Waals surface area contributed by atoms with E-state index in [1.54, 1.807) is 10.9 Å². The first-order chi connectivity index (χ1) is 8.00. The minimum Gasteiger partial charge on any atom is -0.390 e. The molecule has 0 radical (unpaired) electrons. The summed E-state index contributed by atoms with van der Waals surface area (Å²) in [6.45, 7) is 0.908. The first kappa shape index (κ1) is 12.5. The molecule has 96 valence electrons. The van der Waals surface area contributed by atoms with Crippen LogP contribution in [0, 0.1) is 0 Å². The van der Waals surface area contributed by atoms with E-state index in [0.717, 1.165) is 12.8 Å². The highest BCUT2D eigenvalue weighted by Gasteiger charge is 2.31. The maximum Gasteiger partial charge on any atom is 0.211 e. The lowest BCUT2D eigenvalue weighted by atomic mass is 10.2. The third-order valence-corrected chi connectivity index (χ3v) is 4.23. The number of nitrogens with zero attached hydrogens (tertiary/aromatic N) is 4. The predicted molar refractivity (Wildman–Crippen MR) is 60.5 cm³/mol. The minimum absolute atomic E-state index is 0.0572. The standard InChI is InChI=1S/C9H16N4O3S/c1-17(15,16)13-4-2-3-9(13)6-12-5-8(7-14)10-11-12/h5,9,14H,2-4,6-7H2,1H3/t9-/m0/s1. The molecule has 1 fully saturated rings. The van der Waals surface area contributed by atoms with Crippen LogP contribution in [0.2, 0.25) is 0 Å². The monoisotopic (exact) mass is 260 g/mol. The van der Waals surface area contributed by atoms with Gasteiger partial charge in [-0.05, 0) is 12.8 Å². The Morgan fingerprint density at radius 1 is 1.59 bits per heavy atom. The molecule has 1 N–H and O–H groups in total. The fraction of sp³-hybridized carbons (Fsp3) is 0.778. The van der Waals surface area contributed by atoms with Gasteiger partial charge in [0.15, 0.2) is 0 Å². The van der Waals surface area contributed by atoms with Gasteiger partial charge in [-0.3, -0.25) is 4.68 Å². The number of aromatic nitrogens is 3. The molecule has 17 heavy (non-hydrogen) atoms. The smallest absolute Gasteiger partial charge is 0.211 e. The molecule has 0 bridgehead atoms. The molecule has 1 aliphatic heterocycles. The predicted octanol–water partition coefficient (Wildman–Crippen LogP) is -0.806. The van der Waals surface area contributed by atoms with Crippen LogP contribution >= 0.6 is 0 Å². The number of rotatable bonds is 4. The van der Waals surface area contributed by atoms with Crippen molar-refractivity contribution in [1.29, 1.82) is 0 Å². The molecule has 0 aromatic carbocycles. The van der Waals surface area contributed by atoms with Crippen LogP contribution in [0.4, 0.5) is 0 Å². The van der Waals surface area contributed by atoms with Gasteiger partial charge < -0.3 is 5.11 Å². The molecule has 1 aromatic heterocycles. The number of hydrogen-bond acceptors (Lipinski definition) is 5. The summed E-state index contributed by atoms with van der Waals surface area (Å²) in [5.74, 6) is 0. The summed E-state index contributed by atoms with van der Waals surface area (Å²) in [5, 5.41) is 16.5. The summed E-state index contributed by atoms with van der Waals surface area (Å²) in [6.07, 6.45) is 4.57. The zero-order valence-electron chi connectivity index (χ0n) is 9.65. The zero-order chi connectivity index (χ0) is 12.5. The maximum absolute atomic E-state index is 11.5. The highest BCUT2D eigenvalue weighted by molar-refractivity contribution is 7.88. The van der Waals surface area contributed by atoms with Crippen molar-refractivity contribution in [2.24, 2.45) is 0 Å². The summed E-state index contributed by atoms with van der Waals surface area (Å²) < 4.78 is 26.2. The lowest BCUT2D eigenvalue weighted by Gasteiger charge is -2.21. The molecule has 0 saturated carbocycles. The van der Waals surface area contributed by atoms with Gasteiger partial charge in [0.1, 0.15) is 5.69 Å². The van der Waals surface area contributed by atoms with Crippen molar-refractivity contribution < 1.29 is 13.5 Å². The quantitative estimate of drug-likeness (QED) is 0.765. The van der Waals surface area contributed by atoms with Gasteiger partial charge in [-0.15, -0.1) is 5.10 Å². The van der Waals surface area contributed by atoms with Crippen LogP contribution in [0.3, 0.4) is 0 Å². The third kappa shape index (κ3) is 2.82. The normalized spacial score (nSPS) is 22.1. The Balaban J connectivity index is 2.08. The van der Waals surface area contributed by atoms with E-state index in [2.05, 4.69) is 10.3 Å². The van der Waals surface area contributed by atoms with Crippen molar-refractivity contribution in [1.82, 2.24) is 19.3 Å². The van der Waals surface area contributed by atoms with Gasteiger partial charge in [0.2, 0.25) is 10.0 Å². The van der Waals surface area contributed by atoms with Crippen LogP contribution < -0.4 is 0 Å². The zero-order valence-corrected chi connectivity index (χ0v) is 10.5. The van der Waals surface area contributed by atoms with E-state index in [0.29, 0.717) is 18.8 Å². The Labute approximate surface area is 100 Å². The van der Waals surface area contributed by atoms with E-state index in [9.17, 15) is 8.42 Å². The molecule has 0 unspecified atom stereocenters. The fourth-order valence-electron chi connectivity index (χ4n) is 2.14. The second-order valence-electron chi connectivity index (χ2n) is 4.26. The summed E-state index contributed by atoms with van der Waals surface area (Å²) in [6, 6.07) is -0.0572. The maximum atomic E-state index is 11.5. The van der Waals surface area contributed by atoms with Crippen molar-refractivity contribution in [3.8, 4) is 0 Å². The molecular weight excluding hydrogens is 244 g/mol. The van der Waals surface area contributed by atoms with Crippen molar-refractivity contribution in [2.45, 2.75) is 32.0 Å². The van der Waals surface area contributed by atoms with E-state index < -0.39 is 10.0 Å². The average Bonchev–Trinajstić information content (AvgIpc) is 2.85. The van der Waals surface area contributed by atoms with Gasteiger partial charge in [0.05, 0.1) is 25.6 Å². The molecule has 7 nitrogen and oxygen atoms in total. The highest BCUT2D eigenvalue weighted by atomic mass is 32.2. The van der Waals surface area contributed by atoms with E-state index in [4.69, 9.17) is 5.11 Å². The largest absolute Gasteiger partial charge is 0.390 e. The molecule has 0 amide bonds. The van der Waals surface area contributed by atoms with Crippen LogP contribution in [0.25, 0.3) is 0 Å². The van der Waals surface area contributed by atoms with Gasteiger partial charge in [-0.25, -0.2) is 8.42 Å². The lowest BCUT2D eigenvalue weighted by Crippen LogP contribution is -2.37. The molecule has 2 rings (SSSR count). The summed E-state index contributed by atoms with van der Waals surface area (Å²) in [7, 11) is -3.15. The SMILES string of the molecule is CS(=O)(=O)N1CCC[C@H]1Cn1cc(CO)nn1. The van der Waals surface area contributed by atoms with E-state index in [-0.39, 0.29) is 12.6 Å². The third-order valence-electron chi connectivity index (χ3n) is 2.90. The molecule has 0 spiro atoms. The molecule has 1 aromatic rings. The number of aliphatic hydroxyl groups is 1. The first-order valence-corrected chi connectivity index (χ1v) is 7.32. The summed E-state index contributed by atoms with van der Waals surface area (Å²) in [4.78, 5) is 0. The van der Waals surface area contributed by atoms with Crippen molar-refractivity contribution >= 4 is 10.0 Å². The molecule has 1 saturated heterocycles. The Kier molecular flexibility index (Phi) is 3.45. The molecular formula is C9H16N4O3S. The van der Waals surface area contributed by atoms with E-state index in [1.165, 1.54) is 10.6 Å². The molecule has 2 heterocycles. The van der Waals surface area contributed by atoms with Crippen LogP contribution in [-0.4, -0.2) is 51.7 Å². The van der Waals surface area contributed by atoms with Gasteiger partial charge in [-0.2, -0.15) is 4.31 Å². The van der Waals surface area contributed by atoms with Crippen molar-refractivity contribution in [3.05, 3.63) is 11.9 Å². The second kappa shape index (κ2) is 4.71. The molecule has 0 aliphatic carbocycles. The summed E-state index contributed by atoms with van der Waals surface area (Å²) in [5.41, 5.74) is 0.494. The number of aliphatic hydroxyl groups excluding tert-OH is 1. The topological polar surface area (TPSA) is 88.3 Å². The van der Waals surface area contributed by atoms with E-state index in [1.807, 2.05) is 0 Å². The average molecular weight is 260 g/mol. The van der Waals surface area contributed by atoms with Crippen molar-refractivity contribution in [3.63, 3.8) is 0 Å². The van der Waals surface area contributed by atoms with Gasteiger partial charge in [0.25, 0.3) is 0 Å². The van der Waals surface area contributed by atoms with Gasteiger partial charge in [0, 0.05) is 12.6 Å². The number of sulfonamides is 1. The van der Waals surface area contributed by atoms with Crippen LogP contribution in [0.5, 0.6) is 0 Å². The van der Waals surface area contributed by atoms with Gasteiger partial charge >= 0.3 is 0 Å². The van der Waals surface area contributed by atoms with Crippen molar-refractivity contribution in [2.75, 3.05) is 12.8 Å². The Morgan fingerprint density at radius 3 is 2.94 bits per heavy atom. The van der Waals surface area contributed by atoms with E-state index >= 15 is 0 Å². The first-order valence-electron chi connectivity index (χ1n) is 5.47. The van der Waals surface area contributed by atoms with Crippen LogP contribution in [0.1, 0.15) is 18.5 Å². The van der Waals surface area contributed by atoms with Gasteiger partial charge in [-0.1, -0.05) is 5.21 Å². The molecule has 1 atom stereocenters. The lowest BCUT2D eigenvalue weighted by molar-refractivity contribution is 0.276. The minimum atomic E-state index is -3.15. The Bertz CT molecular complexity index is 484. The number of hydrogen-bond donors (Lipinski definition) is 1. The molecule has 1 aliphatic rings.